The molecule has 1 aromatic rings. The lowest BCUT2D eigenvalue weighted by Gasteiger charge is -2.27. The Morgan fingerprint density at radius 2 is 1.90 bits per heavy atom. The van der Waals surface area contributed by atoms with Gasteiger partial charge in [-0.25, -0.2) is 13.1 Å². The maximum Gasteiger partial charge on any atom is 0.416 e. The number of nitrogens with one attached hydrogen (secondary N) is 1. The number of carboxylic acid groups (broad SMARTS) is 1. The molecule has 2 N–H and O–H groups in total. The average Bonchev–Trinajstić information content (AvgIpc) is 2.65. The summed E-state index contributed by atoms with van der Waals surface area (Å²) in [6.07, 6.45) is 5.40. The number of carboxylic acids is 1. The molecular formula is C21H26F3NO4S. The Bertz CT molecular complexity index is 861. The quantitative estimate of drug-likeness (QED) is 0.415. The zero-order chi connectivity index (χ0) is 22.2. The molecule has 30 heavy (non-hydrogen) atoms. The van der Waals surface area contributed by atoms with Crippen molar-refractivity contribution >= 4 is 22.1 Å². The lowest BCUT2D eigenvalue weighted by atomic mass is 9.86. The molecule has 0 heterocycles. The van der Waals surface area contributed by atoms with Crippen molar-refractivity contribution in [3.05, 3.63) is 53.0 Å². The van der Waals surface area contributed by atoms with Crippen LogP contribution in [0.5, 0.6) is 0 Å². The van der Waals surface area contributed by atoms with Crippen molar-refractivity contribution in [2.45, 2.75) is 57.2 Å². The molecule has 1 fully saturated rings. The second-order valence-corrected chi connectivity index (χ2v) is 9.02. The maximum absolute atomic E-state index is 12.6. The number of rotatable bonds is 9. The molecule has 1 aromatic carbocycles. The van der Waals surface area contributed by atoms with E-state index in [-0.39, 0.29) is 18.4 Å². The van der Waals surface area contributed by atoms with E-state index in [1.165, 1.54) is 18.2 Å². The fourth-order valence-electron chi connectivity index (χ4n) is 3.39. The van der Waals surface area contributed by atoms with Gasteiger partial charge in [-0.15, -0.1) is 0 Å². The highest BCUT2D eigenvalue weighted by atomic mass is 32.2. The van der Waals surface area contributed by atoms with Crippen LogP contribution in [-0.2, 0) is 21.0 Å². The van der Waals surface area contributed by atoms with E-state index in [2.05, 4.69) is 4.72 Å². The van der Waals surface area contributed by atoms with Gasteiger partial charge in [-0.3, -0.25) is 4.79 Å². The molecule has 9 heteroatoms. The van der Waals surface area contributed by atoms with Crippen LogP contribution in [0.4, 0.5) is 13.2 Å². The summed E-state index contributed by atoms with van der Waals surface area (Å²) in [5.74, 6) is -0.588. The predicted molar refractivity (Wildman–Crippen MR) is 109 cm³/mol. The van der Waals surface area contributed by atoms with Crippen molar-refractivity contribution in [3.63, 3.8) is 0 Å². The number of benzene rings is 1. The number of hydrogen-bond acceptors (Lipinski definition) is 3. The Kier molecular flexibility index (Phi) is 8.66. The van der Waals surface area contributed by atoms with E-state index < -0.39 is 27.7 Å². The van der Waals surface area contributed by atoms with E-state index in [1.54, 1.807) is 0 Å². The molecule has 1 saturated carbocycles. The lowest BCUT2D eigenvalue weighted by Crippen LogP contribution is -2.37. The van der Waals surface area contributed by atoms with Gasteiger partial charge in [0.25, 0.3) is 0 Å². The van der Waals surface area contributed by atoms with Gasteiger partial charge < -0.3 is 5.11 Å². The van der Waals surface area contributed by atoms with Gasteiger partial charge in [0.1, 0.15) is 0 Å². The Balaban J connectivity index is 1.87. The fourth-order valence-corrected chi connectivity index (χ4v) is 4.49. The normalized spacial score (nSPS) is 20.8. The Hall–Kier alpha value is -2.13. The van der Waals surface area contributed by atoms with Crippen molar-refractivity contribution in [2.24, 2.45) is 5.92 Å². The van der Waals surface area contributed by atoms with Crippen LogP contribution in [0.25, 0.3) is 6.08 Å². The topological polar surface area (TPSA) is 83.5 Å². The van der Waals surface area contributed by atoms with Crippen LogP contribution in [0.3, 0.4) is 0 Å². The minimum atomic E-state index is -4.43. The number of halogens is 3. The van der Waals surface area contributed by atoms with Crippen LogP contribution >= 0.6 is 0 Å². The highest BCUT2D eigenvalue weighted by Crippen LogP contribution is 2.29. The number of aliphatic carboxylic acids is 1. The summed E-state index contributed by atoms with van der Waals surface area (Å²) in [5.41, 5.74) is -0.427. The highest BCUT2D eigenvalue weighted by Gasteiger charge is 2.29. The molecule has 166 valence electrons. The van der Waals surface area contributed by atoms with Gasteiger partial charge in [-0.1, -0.05) is 30.7 Å². The minimum absolute atomic E-state index is 0.128. The predicted octanol–water partition coefficient (Wildman–Crippen LogP) is 4.97. The van der Waals surface area contributed by atoms with Crippen molar-refractivity contribution in [2.75, 3.05) is 0 Å². The smallest absolute Gasteiger partial charge is 0.416 e. The summed E-state index contributed by atoms with van der Waals surface area (Å²) in [4.78, 5) is 10.5. The molecule has 1 aliphatic rings. The third-order valence-electron chi connectivity index (χ3n) is 4.89. The summed E-state index contributed by atoms with van der Waals surface area (Å²) in [6, 6.07) is 4.05. The van der Waals surface area contributed by atoms with Gasteiger partial charge in [0.15, 0.2) is 0 Å². The van der Waals surface area contributed by atoms with Crippen molar-refractivity contribution in [3.8, 4) is 0 Å². The summed E-state index contributed by atoms with van der Waals surface area (Å²) < 4.78 is 65.0. The first-order valence-corrected chi connectivity index (χ1v) is 11.4. The average molecular weight is 446 g/mol. The van der Waals surface area contributed by atoms with Crippen molar-refractivity contribution in [1.29, 1.82) is 0 Å². The van der Waals surface area contributed by atoms with E-state index in [9.17, 15) is 26.4 Å². The Labute approximate surface area is 174 Å². The first-order chi connectivity index (χ1) is 14.0. The van der Waals surface area contributed by atoms with Crippen LogP contribution in [0, 0.1) is 5.92 Å². The van der Waals surface area contributed by atoms with E-state index in [0.717, 1.165) is 36.8 Å². The van der Waals surface area contributed by atoms with Crippen molar-refractivity contribution < 1.29 is 31.5 Å². The van der Waals surface area contributed by atoms with E-state index in [0.29, 0.717) is 24.8 Å². The number of allylic oxidation sites excluding steroid dienone is 2. The molecule has 0 bridgehead atoms. The van der Waals surface area contributed by atoms with Gasteiger partial charge >= 0.3 is 12.1 Å². The second-order valence-electron chi connectivity index (χ2n) is 7.42. The maximum atomic E-state index is 12.6. The standard InChI is InChI=1S/C21H26F3NO4S/c22-21(23,24)18-11-9-16(10-12-18)13-14-30(28,29)25-19-7-4-6-17(15-19)5-2-1-3-8-20(26)27/h2,5,9-14,17,19,25H,1,3-4,6-8,15H2,(H,26,27)/b5-2+,14-13+. The molecule has 0 amide bonds. The molecule has 0 aromatic heterocycles. The monoisotopic (exact) mass is 445 g/mol. The molecular weight excluding hydrogens is 419 g/mol. The first kappa shape index (κ1) is 24.1. The lowest BCUT2D eigenvalue weighted by molar-refractivity contribution is -0.138. The third-order valence-corrected chi connectivity index (χ3v) is 6.05. The van der Waals surface area contributed by atoms with E-state index in [4.69, 9.17) is 5.11 Å². The third kappa shape index (κ3) is 8.71. The molecule has 2 unspecified atom stereocenters. The molecule has 0 aliphatic heterocycles. The van der Waals surface area contributed by atoms with Crippen LogP contribution in [0.1, 0.15) is 56.1 Å². The highest BCUT2D eigenvalue weighted by molar-refractivity contribution is 7.92. The van der Waals surface area contributed by atoms with Gasteiger partial charge in [0, 0.05) is 17.9 Å². The fraction of sp³-hybridized carbons (Fsp3) is 0.476. The SMILES string of the molecule is O=C(O)CCC/C=C/C1CCCC(NS(=O)(=O)/C=C/c2ccc(C(F)(F)F)cc2)C1. The van der Waals surface area contributed by atoms with Gasteiger partial charge in [-0.05, 0) is 61.8 Å². The van der Waals surface area contributed by atoms with Crippen LogP contribution in [-0.4, -0.2) is 25.5 Å². The zero-order valence-electron chi connectivity index (χ0n) is 16.4. The second kappa shape index (κ2) is 10.8. The molecule has 2 atom stereocenters. The molecule has 0 saturated heterocycles. The van der Waals surface area contributed by atoms with Gasteiger partial charge in [-0.2, -0.15) is 13.2 Å². The number of sulfonamides is 1. The van der Waals surface area contributed by atoms with E-state index in [1.807, 2.05) is 12.2 Å². The molecule has 1 aliphatic carbocycles. The number of carbonyl (C=O) groups is 1. The Morgan fingerprint density at radius 1 is 1.20 bits per heavy atom. The van der Waals surface area contributed by atoms with Crippen molar-refractivity contribution in [1.82, 2.24) is 4.72 Å². The molecule has 5 nitrogen and oxygen atoms in total. The number of hydrogen-bond donors (Lipinski definition) is 2. The minimum Gasteiger partial charge on any atom is -0.481 e. The summed E-state index contributed by atoms with van der Waals surface area (Å²) >= 11 is 0. The summed E-state index contributed by atoms with van der Waals surface area (Å²) in [7, 11) is -3.72. The Morgan fingerprint density at radius 3 is 2.53 bits per heavy atom. The van der Waals surface area contributed by atoms with Gasteiger partial charge in [0.2, 0.25) is 10.0 Å². The number of alkyl halides is 3. The summed E-state index contributed by atoms with van der Waals surface area (Å²) in [6.45, 7) is 0. The van der Waals surface area contributed by atoms with Gasteiger partial charge in [0.05, 0.1) is 5.56 Å². The zero-order valence-corrected chi connectivity index (χ0v) is 17.3. The summed E-state index contributed by atoms with van der Waals surface area (Å²) in [5, 5.41) is 9.60. The van der Waals surface area contributed by atoms with Crippen LogP contribution in [0.2, 0.25) is 0 Å². The number of unbranched alkanes of at least 4 members (excludes halogenated alkanes) is 1. The molecule has 2 rings (SSSR count). The van der Waals surface area contributed by atoms with Crippen LogP contribution in [0.15, 0.2) is 41.8 Å². The molecule has 0 radical (unpaired) electrons. The largest absolute Gasteiger partial charge is 0.481 e. The molecule has 0 spiro atoms. The first-order valence-electron chi connectivity index (χ1n) is 9.81. The van der Waals surface area contributed by atoms with E-state index >= 15 is 0 Å². The van der Waals surface area contributed by atoms with Crippen LogP contribution < -0.4 is 4.72 Å².